The van der Waals surface area contributed by atoms with E-state index in [1.807, 2.05) is 0 Å². The molecule has 0 spiro atoms. The van der Waals surface area contributed by atoms with Gasteiger partial charge in [0.25, 0.3) is 0 Å². The molecule has 98 valence electrons. The van der Waals surface area contributed by atoms with Gasteiger partial charge in [0.1, 0.15) is 4.90 Å². The first-order valence-corrected chi connectivity index (χ1v) is 7.15. The minimum absolute atomic E-state index is 0.0808. The maximum atomic E-state index is 12.4. The van der Waals surface area contributed by atoms with Crippen LogP contribution in [-0.4, -0.2) is 11.1 Å². The number of hydrogen-bond acceptors (Lipinski definition) is 2. The average Bonchev–Trinajstić information content (AvgIpc) is 2.13. The molecule has 9 heteroatoms. The number of hydrogen-bond donors (Lipinski definition) is 1. The van der Waals surface area contributed by atoms with Crippen molar-refractivity contribution in [1.82, 2.24) is 0 Å². The second-order valence-corrected chi connectivity index (χ2v) is 6.24. The molecule has 1 aromatic carbocycles. The molecule has 0 aliphatic carbocycles. The maximum absolute atomic E-state index is 12.4. The maximum Gasteiger partial charge on any atom is 0.310 e. The first-order chi connectivity index (χ1) is 7.35. The minimum Gasteiger partial charge on any atom is -0.398 e. The molecule has 0 fully saturated rings. The van der Waals surface area contributed by atoms with Crippen molar-refractivity contribution in [3.05, 3.63) is 23.8 Å². The summed E-state index contributed by atoms with van der Waals surface area (Å²) in [7, 11) is -9.74. The highest BCUT2D eigenvalue weighted by atomic mass is 79.9. The Labute approximate surface area is 102 Å². The van der Waals surface area contributed by atoms with Crippen LogP contribution < -0.4 is 5.73 Å². The SMILES string of the molecule is Nc1cc(S(F)(F)(F)(F)F)ccc1C(=O)CBr. The fourth-order valence-electron chi connectivity index (χ4n) is 1.11. The predicted octanol–water partition coefficient (Wildman–Crippen LogP) is 4.50. The predicted molar refractivity (Wildman–Crippen MR) is 60.4 cm³/mol. The van der Waals surface area contributed by atoms with Crippen molar-refractivity contribution in [1.29, 1.82) is 0 Å². The van der Waals surface area contributed by atoms with Crippen molar-refractivity contribution < 1.29 is 24.2 Å². The minimum atomic E-state index is -9.74. The summed E-state index contributed by atoms with van der Waals surface area (Å²) in [6.45, 7) is 0. The lowest BCUT2D eigenvalue weighted by atomic mass is 10.1. The van der Waals surface area contributed by atoms with E-state index in [2.05, 4.69) is 15.9 Å². The average molecular weight is 340 g/mol. The molecule has 2 N–H and O–H groups in total. The van der Waals surface area contributed by atoms with Crippen molar-refractivity contribution >= 4 is 37.6 Å². The van der Waals surface area contributed by atoms with Gasteiger partial charge >= 0.3 is 10.2 Å². The zero-order chi connectivity index (χ0) is 13.5. The summed E-state index contributed by atoms with van der Waals surface area (Å²) in [5, 5.41) is -0.160. The van der Waals surface area contributed by atoms with Crippen LogP contribution in [0.5, 0.6) is 0 Å². The van der Waals surface area contributed by atoms with Crippen molar-refractivity contribution in [3.63, 3.8) is 0 Å². The van der Waals surface area contributed by atoms with Crippen LogP contribution in [0.2, 0.25) is 0 Å². The molecule has 0 bridgehead atoms. The number of benzene rings is 1. The van der Waals surface area contributed by atoms with E-state index in [9.17, 15) is 24.2 Å². The highest BCUT2D eigenvalue weighted by Crippen LogP contribution is 3.02. The van der Waals surface area contributed by atoms with Crippen LogP contribution >= 0.6 is 26.2 Å². The fourth-order valence-corrected chi connectivity index (χ4v) is 2.08. The molecule has 0 atom stereocenters. The third kappa shape index (κ3) is 3.32. The summed E-state index contributed by atoms with van der Waals surface area (Å²) >= 11 is 2.80. The Balaban J connectivity index is 3.39. The topological polar surface area (TPSA) is 43.1 Å². The molecule has 0 unspecified atom stereocenters. The monoisotopic (exact) mass is 339 g/mol. The molecule has 17 heavy (non-hydrogen) atoms. The first-order valence-electron chi connectivity index (χ1n) is 4.08. The Bertz CT molecular complexity index is 486. The van der Waals surface area contributed by atoms with Crippen LogP contribution in [0, 0.1) is 0 Å². The molecule has 1 rings (SSSR count). The van der Waals surface area contributed by atoms with Gasteiger partial charge in [-0.25, -0.2) is 0 Å². The summed E-state index contributed by atoms with van der Waals surface area (Å²) in [4.78, 5) is 9.07. The third-order valence-corrected chi connectivity index (χ3v) is 3.54. The van der Waals surface area contributed by atoms with Crippen molar-refractivity contribution in [2.45, 2.75) is 4.90 Å². The van der Waals surface area contributed by atoms with Crippen molar-refractivity contribution in [3.8, 4) is 0 Å². The first kappa shape index (κ1) is 14.2. The molecular formula is C8H7BrF5NOS. The summed E-state index contributed by atoms with van der Waals surface area (Å²) in [6.07, 6.45) is 0. The number of carbonyl (C=O) groups excluding carboxylic acids is 1. The van der Waals surface area contributed by atoms with E-state index in [1.54, 1.807) is 0 Å². The molecule has 0 aliphatic rings. The number of nitrogens with two attached hydrogens (primary N) is 1. The van der Waals surface area contributed by atoms with E-state index in [0.29, 0.717) is 6.07 Å². The van der Waals surface area contributed by atoms with Crippen molar-refractivity contribution in [2.75, 3.05) is 11.1 Å². The highest BCUT2D eigenvalue weighted by Gasteiger charge is 2.65. The van der Waals surface area contributed by atoms with Crippen LogP contribution in [0.25, 0.3) is 0 Å². The molecule has 0 saturated heterocycles. The normalized spacial score (nSPS) is 16.1. The number of carbonyl (C=O) groups is 1. The van der Waals surface area contributed by atoms with E-state index in [0.717, 1.165) is 0 Å². The summed E-state index contributed by atoms with van der Waals surface area (Å²) < 4.78 is 62.0. The molecule has 2 nitrogen and oxygen atoms in total. The van der Waals surface area contributed by atoms with Crippen LogP contribution in [0.1, 0.15) is 10.4 Å². The number of ketones is 1. The highest BCUT2D eigenvalue weighted by molar-refractivity contribution is 9.09. The lowest BCUT2D eigenvalue weighted by molar-refractivity contribution is 0.102. The number of Topliss-reactive ketones (excluding diaryl/α,β-unsaturated/α-hetero) is 1. The van der Waals surface area contributed by atoms with Gasteiger partial charge in [-0.2, -0.15) is 0 Å². The third-order valence-electron chi connectivity index (χ3n) is 1.89. The second-order valence-electron chi connectivity index (χ2n) is 3.27. The van der Waals surface area contributed by atoms with Crippen LogP contribution in [0.4, 0.5) is 25.1 Å². The van der Waals surface area contributed by atoms with E-state index < -0.39 is 26.6 Å². The Morgan fingerprint density at radius 1 is 1.24 bits per heavy atom. The molecule has 0 heterocycles. The van der Waals surface area contributed by atoms with Gasteiger partial charge in [-0.15, -0.1) is 0 Å². The lowest BCUT2D eigenvalue weighted by Crippen LogP contribution is -2.10. The smallest absolute Gasteiger partial charge is 0.310 e. The largest absolute Gasteiger partial charge is 0.398 e. The molecule has 0 amide bonds. The molecule has 0 saturated carbocycles. The second kappa shape index (κ2) is 3.35. The molecule has 0 aromatic heterocycles. The number of anilines is 1. The lowest BCUT2D eigenvalue weighted by Gasteiger charge is -2.40. The van der Waals surface area contributed by atoms with Gasteiger partial charge < -0.3 is 5.73 Å². The number of rotatable bonds is 3. The van der Waals surface area contributed by atoms with Gasteiger partial charge in [-0.05, 0) is 18.2 Å². The van der Waals surface area contributed by atoms with E-state index in [1.165, 1.54) is 0 Å². The summed E-state index contributed by atoms with van der Waals surface area (Å²) in [5.74, 6) is -0.587. The van der Waals surface area contributed by atoms with Gasteiger partial charge in [0.2, 0.25) is 0 Å². The molecular weight excluding hydrogens is 333 g/mol. The standard InChI is InChI=1S/C8H7BrF5NOS/c9-4-8(16)6-2-1-5(3-7(6)15)17(10,11,12,13)14/h1-3H,4,15H2. The van der Waals surface area contributed by atoms with Crippen LogP contribution in [0.15, 0.2) is 23.1 Å². The molecule has 0 radical (unpaired) electrons. The Morgan fingerprint density at radius 2 is 1.76 bits per heavy atom. The number of alkyl halides is 1. The number of halogens is 6. The fraction of sp³-hybridized carbons (Fsp3) is 0.125. The Morgan fingerprint density at radius 3 is 2.12 bits per heavy atom. The van der Waals surface area contributed by atoms with Gasteiger partial charge in [-0.3, -0.25) is 4.79 Å². The molecule has 1 aromatic rings. The zero-order valence-electron chi connectivity index (χ0n) is 8.10. The molecule has 0 aliphatic heterocycles. The van der Waals surface area contributed by atoms with Crippen LogP contribution in [0.3, 0.4) is 0 Å². The van der Waals surface area contributed by atoms with Gasteiger partial charge in [0, 0.05) is 11.3 Å². The van der Waals surface area contributed by atoms with Crippen LogP contribution in [-0.2, 0) is 0 Å². The number of nitrogen functional groups attached to an aromatic ring is 1. The summed E-state index contributed by atoms with van der Waals surface area (Å²) in [5.41, 5.74) is 4.30. The van der Waals surface area contributed by atoms with Gasteiger partial charge in [-0.1, -0.05) is 35.4 Å². The summed E-state index contributed by atoms with van der Waals surface area (Å²) in [6, 6.07) is 0.886. The zero-order valence-corrected chi connectivity index (χ0v) is 10.5. The van der Waals surface area contributed by atoms with E-state index >= 15 is 0 Å². The Hall–Kier alpha value is -0.830. The van der Waals surface area contributed by atoms with E-state index in [4.69, 9.17) is 5.73 Å². The Kier molecular flexibility index (Phi) is 2.80. The quantitative estimate of drug-likeness (QED) is 0.381. The van der Waals surface area contributed by atoms with Crippen molar-refractivity contribution in [2.24, 2.45) is 0 Å². The van der Waals surface area contributed by atoms with Gasteiger partial charge in [0.15, 0.2) is 5.78 Å². The van der Waals surface area contributed by atoms with Gasteiger partial charge in [0.05, 0.1) is 5.33 Å². The van der Waals surface area contributed by atoms with E-state index in [-0.39, 0.29) is 23.0 Å².